The Morgan fingerprint density at radius 1 is 0.794 bits per heavy atom. The highest BCUT2D eigenvalue weighted by molar-refractivity contribution is 5.89. The van der Waals surface area contributed by atoms with Crippen molar-refractivity contribution in [1.82, 2.24) is 15.1 Å². The monoisotopic (exact) mass is 462 g/mol. The second-order valence-corrected chi connectivity index (χ2v) is 9.76. The van der Waals surface area contributed by atoms with Crippen molar-refractivity contribution >= 4 is 17.6 Å². The Labute approximate surface area is 203 Å². The summed E-state index contributed by atoms with van der Waals surface area (Å²) in [5.74, 6) is 1.27. The van der Waals surface area contributed by atoms with E-state index in [1.807, 2.05) is 35.2 Å². The standard InChI is InChI=1S/C28H38N4O2/c33-27(22-25-13-18-32(19-14-25)28(34)30-26-9-5-2-6-10-26)29-15-20-31-16-11-24(12-17-31)21-23-7-3-1-4-8-23/h1-10,24-25H,11-22H2,(H,29,33)(H,30,34). The molecule has 4 rings (SSSR count). The minimum absolute atomic E-state index is 0.0540. The van der Waals surface area contributed by atoms with Crippen LogP contribution >= 0.6 is 0 Å². The maximum atomic E-state index is 12.4. The van der Waals surface area contributed by atoms with E-state index < -0.39 is 0 Å². The number of anilines is 1. The molecule has 0 unspecified atom stereocenters. The Morgan fingerprint density at radius 2 is 1.41 bits per heavy atom. The number of rotatable bonds is 8. The summed E-state index contributed by atoms with van der Waals surface area (Å²) in [6, 6.07) is 20.3. The zero-order valence-corrected chi connectivity index (χ0v) is 20.1. The van der Waals surface area contributed by atoms with Gasteiger partial charge in [0.25, 0.3) is 0 Å². The zero-order valence-electron chi connectivity index (χ0n) is 20.1. The van der Waals surface area contributed by atoms with Crippen LogP contribution in [0.15, 0.2) is 60.7 Å². The number of piperidine rings is 2. The lowest BCUT2D eigenvalue weighted by Gasteiger charge is -2.32. The molecule has 2 aliphatic heterocycles. The molecule has 0 aliphatic carbocycles. The Bertz CT molecular complexity index is 889. The first-order chi connectivity index (χ1) is 16.7. The van der Waals surface area contributed by atoms with Gasteiger partial charge in [-0.1, -0.05) is 48.5 Å². The van der Waals surface area contributed by atoms with E-state index in [4.69, 9.17) is 0 Å². The molecule has 2 fully saturated rings. The van der Waals surface area contributed by atoms with Gasteiger partial charge in [0, 0.05) is 38.3 Å². The molecule has 2 aromatic rings. The molecule has 0 saturated carbocycles. The van der Waals surface area contributed by atoms with Crippen LogP contribution < -0.4 is 10.6 Å². The van der Waals surface area contributed by atoms with Gasteiger partial charge in [0.05, 0.1) is 0 Å². The van der Waals surface area contributed by atoms with Crippen LogP contribution in [0.25, 0.3) is 0 Å². The van der Waals surface area contributed by atoms with E-state index in [-0.39, 0.29) is 11.9 Å². The molecule has 3 amide bonds. The number of benzene rings is 2. The van der Waals surface area contributed by atoms with E-state index in [1.165, 1.54) is 24.8 Å². The molecule has 182 valence electrons. The average molecular weight is 463 g/mol. The second kappa shape index (κ2) is 12.6. The van der Waals surface area contributed by atoms with Gasteiger partial charge in [-0.05, 0) is 74.7 Å². The molecule has 2 heterocycles. The molecule has 2 saturated heterocycles. The van der Waals surface area contributed by atoms with Crippen molar-refractivity contribution in [2.75, 3.05) is 44.6 Å². The summed E-state index contributed by atoms with van der Waals surface area (Å²) in [6.07, 6.45) is 5.97. The van der Waals surface area contributed by atoms with Crippen LogP contribution in [0.5, 0.6) is 0 Å². The van der Waals surface area contributed by atoms with Gasteiger partial charge in [0.15, 0.2) is 0 Å². The summed E-state index contributed by atoms with van der Waals surface area (Å²) in [5.41, 5.74) is 2.25. The Kier molecular flexibility index (Phi) is 8.97. The van der Waals surface area contributed by atoms with Gasteiger partial charge < -0.3 is 20.4 Å². The fraction of sp³-hybridized carbons (Fsp3) is 0.500. The quantitative estimate of drug-likeness (QED) is 0.612. The van der Waals surface area contributed by atoms with Crippen molar-refractivity contribution in [1.29, 1.82) is 0 Å². The first kappa shape index (κ1) is 24.3. The number of para-hydroxylation sites is 1. The Hall–Kier alpha value is -2.86. The van der Waals surface area contributed by atoms with E-state index in [1.54, 1.807) is 0 Å². The predicted molar refractivity (Wildman–Crippen MR) is 137 cm³/mol. The van der Waals surface area contributed by atoms with Crippen molar-refractivity contribution in [2.45, 2.75) is 38.5 Å². The third-order valence-electron chi connectivity index (χ3n) is 7.23. The van der Waals surface area contributed by atoms with E-state index in [2.05, 4.69) is 45.9 Å². The number of nitrogens with zero attached hydrogens (tertiary/aromatic N) is 2. The highest BCUT2D eigenvalue weighted by atomic mass is 16.2. The predicted octanol–water partition coefficient (Wildman–Crippen LogP) is 4.39. The van der Waals surface area contributed by atoms with Gasteiger partial charge in [-0.25, -0.2) is 4.79 Å². The molecule has 2 aromatic carbocycles. The van der Waals surface area contributed by atoms with Crippen molar-refractivity contribution in [3.63, 3.8) is 0 Å². The Morgan fingerprint density at radius 3 is 2.09 bits per heavy atom. The molecule has 0 aromatic heterocycles. The average Bonchev–Trinajstić information content (AvgIpc) is 2.87. The molecule has 0 bridgehead atoms. The summed E-state index contributed by atoms with van der Waals surface area (Å²) < 4.78 is 0. The van der Waals surface area contributed by atoms with Gasteiger partial charge in [0.1, 0.15) is 0 Å². The molecule has 2 N–H and O–H groups in total. The first-order valence-electron chi connectivity index (χ1n) is 12.8. The number of hydrogen-bond donors (Lipinski definition) is 2. The van der Waals surface area contributed by atoms with Crippen LogP contribution in [0, 0.1) is 11.8 Å². The molecule has 6 heteroatoms. The highest BCUT2D eigenvalue weighted by Crippen LogP contribution is 2.22. The molecule has 34 heavy (non-hydrogen) atoms. The van der Waals surface area contributed by atoms with Crippen LogP contribution in [0.2, 0.25) is 0 Å². The van der Waals surface area contributed by atoms with Gasteiger partial charge in [-0.15, -0.1) is 0 Å². The number of likely N-dealkylation sites (tertiary alicyclic amines) is 2. The number of nitrogens with one attached hydrogen (secondary N) is 2. The van der Waals surface area contributed by atoms with E-state index >= 15 is 0 Å². The lowest BCUT2D eigenvalue weighted by Crippen LogP contribution is -2.42. The van der Waals surface area contributed by atoms with E-state index in [9.17, 15) is 9.59 Å². The fourth-order valence-electron chi connectivity index (χ4n) is 5.11. The van der Waals surface area contributed by atoms with Gasteiger partial charge >= 0.3 is 6.03 Å². The van der Waals surface area contributed by atoms with Crippen molar-refractivity contribution in [3.8, 4) is 0 Å². The van der Waals surface area contributed by atoms with Gasteiger partial charge in [0.2, 0.25) is 5.91 Å². The topological polar surface area (TPSA) is 64.7 Å². The third-order valence-corrected chi connectivity index (χ3v) is 7.23. The summed E-state index contributed by atoms with van der Waals surface area (Å²) in [4.78, 5) is 29.2. The lowest BCUT2D eigenvalue weighted by atomic mass is 9.90. The molecule has 2 aliphatic rings. The number of hydrogen-bond acceptors (Lipinski definition) is 3. The Balaban J connectivity index is 1.06. The minimum atomic E-state index is -0.0540. The van der Waals surface area contributed by atoms with Crippen LogP contribution in [0.3, 0.4) is 0 Å². The number of urea groups is 1. The lowest BCUT2D eigenvalue weighted by molar-refractivity contribution is -0.122. The molecule has 6 nitrogen and oxygen atoms in total. The molecule has 0 atom stereocenters. The first-order valence-corrected chi connectivity index (χ1v) is 12.8. The highest BCUT2D eigenvalue weighted by Gasteiger charge is 2.25. The van der Waals surface area contributed by atoms with Gasteiger partial charge in [-0.2, -0.15) is 0 Å². The molecule has 0 radical (unpaired) electrons. The maximum absolute atomic E-state index is 12.4. The number of amides is 3. The zero-order chi connectivity index (χ0) is 23.6. The fourth-order valence-corrected chi connectivity index (χ4v) is 5.11. The molecule has 0 spiro atoms. The normalized spacial score (nSPS) is 17.9. The molecular weight excluding hydrogens is 424 g/mol. The van der Waals surface area contributed by atoms with Crippen LogP contribution in [0.1, 0.15) is 37.7 Å². The van der Waals surface area contributed by atoms with E-state index in [0.717, 1.165) is 50.6 Å². The van der Waals surface area contributed by atoms with Gasteiger partial charge in [-0.3, -0.25) is 4.79 Å². The van der Waals surface area contributed by atoms with Crippen molar-refractivity contribution < 1.29 is 9.59 Å². The van der Waals surface area contributed by atoms with E-state index in [0.29, 0.717) is 25.4 Å². The summed E-state index contributed by atoms with van der Waals surface area (Å²) in [6.45, 7) is 5.30. The van der Waals surface area contributed by atoms with Crippen LogP contribution in [-0.2, 0) is 11.2 Å². The smallest absolute Gasteiger partial charge is 0.321 e. The summed E-state index contributed by atoms with van der Waals surface area (Å²) in [5, 5.41) is 6.07. The number of carbonyl (C=O) groups excluding carboxylic acids is 2. The maximum Gasteiger partial charge on any atom is 0.321 e. The van der Waals surface area contributed by atoms with Crippen LogP contribution in [0.4, 0.5) is 10.5 Å². The minimum Gasteiger partial charge on any atom is -0.355 e. The van der Waals surface area contributed by atoms with Crippen molar-refractivity contribution in [2.24, 2.45) is 11.8 Å². The second-order valence-electron chi connectivity index (χ2n) is 9.76. The molecular formula is C28H38N4O2. The number of carbonyl (C=O) groups is 2. The summed E-state index contributed by atoms with van der Waals surface area (Å²) >= 11 is 0. The largest absolute Gasteiger partial charge is 0.355 e. The third kappa shape index (κ3) is 7.59. The van der Waals surface area contributed by atoms with Crippen molar-refractivity contribution in [3.05, 3.63) is 66.2 Å². The van der Waals surface area contributed by atoms with Crippen LogP contribution in [-0.4, -0.2) is 61.0 Å². The summed E-state index contributed by atoms with van der Waals surface area (Å²) in [7, 11) is 0. The SMILES string of the molecule is O=C(CC1CCN(C(=O)Nc2ccccc2)CC1)NCCN1CCC(Cc2ccccc2)CC1.